The van der Waals surface area contributed by atoms with Crippen molar-refractivity contribution in [2.24, 2.45) is 4.99 Å². The minimum atomic E-state index is -0.458. The molecule has 174 valence electrons. The Labute approximate surface area is 204 Å². The van der Waals surface area contributed by atoms with Crippen LogP contribution in [0.2, 0.25) is 0 Å². The van der Waals surface area contributed by atoms with Crippen molar-refractivity contribution in [3.8, 4) is 17.1 Å². The fraction of sp³-hybridized carbons (Fsp3) is 0. The van der Waals surface area contributed by atoms with Gasteiger partial charge in [0.1, 0.15) is 0 Å². The van der Waals surface area contributed by atoms with Gasteiger partial charge >= 0.3 is 0 Å². The lowest BCUT2D eigenvalue weighted by molar-refractivity contribution is -0.384. The highest BCUT2D eigenvalue weighted by Crippen LogP contribution is 2.34. The maximum Gasteiger partial charge on any atom is 0.270 e. The molecule has 0 aliphatic rings. The summed E-state index contributed by atoms with van der Waals surface area (Å²) in [5.41, 5.74) is 4.50. The Hall–Kier alpha value is -5.31. The van der Waals surface area contributed by atoms with Crippen LogP contribution in [-0.4, -0.2) is 35.1 Å². The van der Waals surface area contributed by atoms with E-state index in [-0.39, 0.29) is 11.6 Å². The summed E-state index contributed by atoms with van der Waals surface area (Å²) in [6.45, 7) is 0. The van der Waals surface area contributed by atoms with Gasteiger partial charge in [-0.3, -0.25) is 14.5 Å². The number of hydrogen-bond acceptors (Lipinski definition) is 6. The summed E-state index contributed by atoms with van der Waals surface area (Å²) in [7, 11) is 0. The molecule has 36 heavy (non-hydrogen) atoms. The van der Waals surface area contributed by atoms with Crippen LogP contribution in [-0.2, 0) is 0 Å². The molecule has 3 aromatic heterocycles. The van der Waals surface area contributed by atoms with E-state index in [0.29, 0.717) is 33.6 Å². The minimum Gasteiger partial charge on any atom is -0.494 e. The Morgan fingerprint density at radius 3 is 2.58 bits per heavy atom. The number of rotatable bonds is 5. The van der Waals surface area contributed by atoms with Crippen LogP contribution in [0.5, 0.6) is 5.88 Å². The van der Waals surface area contributed by atoms with Gasteiger partial charge in [0.2, 0.25) is 5.78 Å². The van der Waals surface area contributed by atoms with Crippen LogP contribution in [0.4, 0.5) is 11.4 Å². The fourth-order valence-electron chi connectivity index (χ4n) is 4.18. The number of hydrogen-bond donors (Lipinski definition) is 2. The maximum atomic E-state index is 11.4. The molecule has 0 saturated heterocycles. The van der Waals surface area contributed by atoms with Gasteiger partial charge in [-0.2, -0.15) is 0 Å². The maximum absolute atomic E-state index is 11.4. The summed E-state index contributed by atoms with van der Waals surface area (Å²) < 4.78 is 1.86. The SMILES string of the molecule is O=[N+]([O-])c1ccc2[nH]c(O)c(C(=Nc3ccc(-c4cn5cccnc5n4)cc3)c3ccccc3)c2c1. The highest BCUT2D eigenvalue weighted by atomic mass is 16.6. The number of imidazole rings is 1. The first-order valence-corrected chi connectivity index (χ1v) is 11.1. The number of H-pyrrole nitrogens is 1. The number of aromatic hydroxyl groups is 1. The average molecular weight is 474 g/mol. The molecule has 9 heteroatoms. The third-order valence-corrected chi connectivity index (χ3v) is 5.90. The van der Waals surface area contributed by atoms with E-state index in [4.69, 9.17) is 4.99 Å². The predicted octanol–water partition coefficient (Wildman–Crippen LogP) is 5.66. The lowest BCUT2D eigenvalue weighted by Crippen LogP contribution is -2.03. The number of fused-ring (bicyclic) bond motifs is 2. The van der Waals surface area contributed by atoms with Gasteiger partial charge in [0.05, 0.1) is 27.6 Å². The lowest BCUT2D eigenvalue weighted by Gasteiger charge is -2.08. The highest BCUT2D eigenvalue weighted by Gasteiger charge is 2.21. The molecule has 0 aliphatic heterocycles. The van der Waals surface area contributed by atoms with Crippen LogP contribution in [0.1, 0.15) is 11.1 Å². The third kappa shape index (κ3) is 3.74. The van der Waals surface area contributed by atoms with E-state index < -0.39 is 4.92 Å². The van der Waals surface area contributed by atoms with E-state index in [1.165, 1.54) is 12.1 Å². The van der Waals surface area contributed by atoms with E-state index >= 15 is 0 Å². The largest absolute Gasteiger partial charge is 0.494 e. The number of aliphatic imine (C=N–C) groups is 1. The first-order valence-electron chi connectivity index (χ1n) is 11.1. The van der Waals surface area contributed by atoms with Gasteiger partial charge in [-0.25, -0.2) is 15.0 Å². The van der Waals surface area contributed by atoms with Gasteiger partial charge in [0.25, 0.3) is 5.69 Å². The second-order valence-corrected chi connectivity index (χ2v) is 8.16. The van der Waals surface area contributed by atoms with E-state index in [0.717, 1.165) is 16.8 Å². The van der Waals surface area contributed by atoms with Gasteiger partial charge in [0.15, 0.2) is 5.88 Å². The van der Waals surface area contributed by atoms with Crippen LogP contribution in [0.3, 0.4) is 0 Å². The molecule has 0 saturated carbocycles. The van der Waals surface area contributed by atoms with Crippen LogP contribution in [0, 0.1) is 10.1 Å². The Bertz CT molecular complexity index is 1740. The molecule has 0 bridgehead atoms. The van der Waals surface area contributed by atoms with Crippen molar-refractivity contribution in [1.82, 2.24) is 19.4 Å². The summed E-state index contributed by atoms with van der Waals surface area (Å²) in [6, 6.07) is 23.2. The van der Waals surface area contributed by atoms with E-state index in [2.05, 4.69) is 15.0 Å². The molecule has 0 radical (unpaired) electrons. The quantitative estimate of drug-likeness (QED) is 0.190. The van der Waals surface area contributed by atoms with Crippen LogP contribution in [0.15, 0.2) is 102 Å². The molecule has 3 heterocycles. The van der Waals surface area contributed by atoms with Gasteiger partial charge in [-0.15, -0.1) is 0 Å². The number of nitro benzene ring substituents is 1. The number of nitro groups is 1. The van der Waals surface area contributed by atoms with Gasteiger partial charge < -0.3 is 10.1 Å². The molecule has 9 nitrogen and oxygen atoms in total. The Morgan fingerprint density at radius 2 is 1.83 bits per heavy atom. The first kappa shape index (κ1) is 21.2. The number of aromatic amines is 1. The molecular weight excluding hydrogens is 456 g/mol. The van der Waals surface area contributed by atoms with E-state index in [1.807, 2.05) is 77.5 Å². The number of benzene rings is 3. The van der Waals surface area contributed by atoms with Crippen molar-refractivity contribution in [3.05, 3.63) is 119 Å². The Kier molecular flexibility index (Phi) is 5.00. The molecule has 0 aliphatic carbocycles. The molecule has 0 fully saturated rings. The molecule has 0 spiro atoms. The molecule has 0 amide bonds. The van der Waals surface area contributed by atoms with Crippen molar-refractivity contribution in [3.63, 3.8) is 0 Å². The Morgan fingerprint density at radius 1 is 1.03 bits per heavy atom. The summed E-state index contributed by atoms with van der Waals surface area (Å²) >= 11 is 0. The monoisotopic (exact) mass is 474 g/mol. The number of non-ortho nitro benzene ring substituents is 1. The summed E-state index contributed by atoms with van der Waals surface area (Å²) in [4.78, 5) is 27.5. The minimum absolute atomic E-state index is 0.0681. The molecule has 6 aromatic rings. The van der Waals surface area contributed by atoms with Crippen molar-refractivity contribution in [2.45, 2.75) is 0 Å². The number of nitrogens with zero attached hydrogens (tertiary/aromatic N) is 5. The van der Waals surface area contributed by atoms with E-state index in [9.17, 15) is 15.2 Å². The smallest absolute Gasteiger partial charge is 0.270 e. The van der Waals surface area contributed by atoms with Gasteiger partial charge in [-0.05, 0) is 24.3 Å². The lowest BCUT2D eigenvalue weighted by atomic mass is 10.0. The third-order valence-electron chi connectivity index (χ3n) is 5.90. The normalized spacial score (nSPS) is 11.8. The second-order valence-electron chi connectivity index (χ2n) is 8.16. The van der Waals surface area contributed by atoms with Gasteiger partial charge in [-0.1, -0.05) is 42.5 Å². The highest BCUT2D eigenvalue weighted by molar-refractivity contribution is 6.22. The summed E-state index contributed by atoms with van der Waals surface area (Å²) in [6.07, 6.45) is 5.50. The Balaban J connectivity index is 1.47. The van der Waals surface area contributed by atoms with Crippen LogP contribution < -0.4 is 0 Å². The van der Waals surface area contributed by atoms with Crippen molar-refractivity contribution in [2.75, 3.05) is 0 Å². The van der Waals surface area contributed by atoms with E-state index in [1.54, 1.807) is 12.3 Å². The molecular formula is C27H18N6O3. The zero-order valence-corrected chi connectivity index (χ0v) is 18.7. The van der Waals surface area contributed by atoms with Gasteiger partial charge in [0, 0.05) is 52.8 Å². The van der Waals surface area contributed by atoms with Crippen molar-refractivity contribution < 1.29 is 10.0 Å². The summed E-state index contributed by atoms with van der Waals surface area (Å²) in [5.74, 6) is 0.506. The molecule has 0 unspecified atom stereocenters. The number of nitrogens with one attached hydrogen (secondary N) is 1. The molecule has 3 aromatic carbocycles. The average Bonchev–Trinajstić information content (AvgIpc) is 3.48. The van der Waals surface area contributed by atoms with Crippen LogP contribution in [0.25, 0.3) is 27.9 Å². The zero-order valence-electron chi connectivity index (χ0n) is 18.7. The first-order chi connectivity index (χ1) is 17.6. The fourth-order valence-corrected chi connectivity index (χ4v) is 4.18. The zero-order chi connectivity index (χ0) is 24.6. The van der Waals surface area contributed by atoms with Crippen molar-refractivity contribution in [1.29, 1.82) is 0 Å². The number of aromatic nitrogens is 4. The predicted molar refractivity (Wildman–Crippen MR) is 137 cm³/mol. The van der Waals surface area contributed by atoms with Crippen molar-refractivity contribution >= 4 is 33.8 Å². The second kappa shape index (κ2) is 8.48. The van der Waals surface area contributed by atoms with Crippen LogP contribution >= 0.6 is 0 Å². The topological polar surface area (TPSA) is 122 Å². The molecule has 6 rings (SSSR count). The standard InChI is InChI=1S/C27H18N6O3/c34-26-24(21-15-20(33(35)36)11-12-22(21)30-26)25(18-5-2-1-3-6-18)29-19-9-7-17(8-10-19)23-16-32-14-4-13-28-27(32)31-23/h1-16,30,34H. The molecule has 0 atom stereocenters. The molecule has 2 N–H and O–H groups in total. The summed E-state index contributed by atoms with van der Waals surface area (Å²) in [5, 5.41) is 22.7.